The van der Waals surface area contributed by atoms with Crippen LogP contribution in [0, 0.1) is 5.82 Å². The molecule has 0 fully saturated rings. The molecular weight excluding hydrogens is 289 g/mol. The van der Waals surface area contributed by atoms with Crippen LogP contribution in [0.1, 0.15) is 5.56 Å². The van der Waals surface area contributed by atoms with Crippen molar-refractivity contribution in [1.82, 2.24) is 9.55 Å². The monoisotopic (exact) mass is 297 g/mol. The van der Waals surface area contributed by atoms with Gasteiger partial charge in [-0.05, 0) is 6.07 Å². The lowest BCUT2D eigenvalue weighted by atomic mass is 10.2. The Hall–Kier alpha value is -2.41. The third-order valence-electron chi connectivity index (χ3n) is 2.41. The standard InChI is InChI=1S/C12H9ClFN3O3/c13-8-4-2-1-3-7(8)6-20-12(19)17-5-9(14)10(15)16-11(17)18/h1-5H,6H2,(H2,15,16,18). The Balaban J connectivity index is 2.16. The minimum atomic E-state index is -1.07. The Morgan fingerprint density at radius 3 is 2.85 bits per heavy atom. The van der Waals surface area contributed by atoms with E-state index in [1.807, 2.05) is 0 Å². The van der Waals surface area contributed by atoms with Crippen LogP contribution in [0.5, 0.6) is 0 Å². The number of hydrogen-bond donors (Lipinski definition) is 1. The first-order valence-corrected chi connectivity index (χ1v) is 5.82. The molecule has 104 valence electrons. The molecular formula is C12H9ClFN3O3. The summed E-state index contributed by atoms with van der Waals surface area (Å²) in [6.45, 7) is -0.156. The number of nitrogens with zero attached hydrogens (tertiary/aromatic N) is 2. The lowest BCUT2D eigenvalue weighted by Crippen LogP contribution is -2.30. The Morgan fingerprint density at radius 1 is 1.45 bits per heavy atom. The zero-order valence-corrected chi connectivity index (χ0v) is 10.8. The topological polar surface area (TPSA) is 87.2 Å². The molecule has 0 radical (unpaired) electrons. The number of nitrogen functional groups attached to an aromatic ring is 1. The van der Waals surface area contributed by atoms with Gasteiger partial charge in [-0.25, -0.2) is 14.0 Å². The van der Waals surface area contributed by atoms with Crippen molar-refractivity contribution in [1.29, 1.82) is 0 Å². The van der Waals surface area contributed by atoms with Crippen molar-refractivity contribution in [3.8, 4) is 0 Å². The highest BCUT2D eigenvalue weighted by atomic mass is 35.5. The van der Waals surface area contributed by atoms with Gasteiger partial charge < -0.3 is 10.5 Å². The van der Waals surface area contributed by atoms with Crippen molar-refractivity contribution in [2.75, 3.05) is 5.73 Å². The summed E-state index contributed by atoms with van der Waals surface area (Å²) in [7, 11) is 0. The fraction of sp³-hybridized carbons (Fsp3) is 0.0833. The van der Waals surface area contributed by atoms with E-state index in [0.29, 0.717) is 21.4 Å². The number of carbonyl (C=O) groups excluding carboxylic acids is 1. The van der Waals surface area contributed by atoms with Crippen molar-refractivity contribution in [2.45, 2.75) is 6.61 Å². The summed E-state index contributed by atoms with van der Waals surface area (Å²) in [5, 5.41) is 0.411. The lowest BCUT2D eigenvalue weighted by molar-refractivity contribution is 0.139. The van der Waals surface area contributed by atoms with E-state index in [2.05, 4.69) is 4.98 Å². The molecule has 2 N–H and O–H groups in total. The number of ether oxygens (including phenoxy) is 1. The minimum Gasteiger partial charge on any atom is -0.444 e. The number of anilines is 1. The maximum Gasteiger partial charge on any atom is 0.422 e. The van der Waals surface area contributed by atoms with Crippen molar-refractivity contribution in [3.63, 3.8) is 0 Å². The molecule has 1 heterocycles. The number of carbonyl (C=O) groups is 1. The van der Waals surface area contributed by atoms with Gasteiger partial charge in [0.25, 0.3) is 0 Å². The summed E-state index contributed by atoms with van der Waals surface area (Å²) in [4.78, 5) is 26.2. The quantitative estimate of drug-likeness (QED) is 0.913. The fourth-order valence-corrected chi connectivity index (χ4v) is 1.59. The average Bonchev–Trinajstić information content (AvgIpc) is 2.41. The van der Waals surface area contributed by atoms with Crippen LogP contribution in [0.15, 0.2) is 35.3 Å². The fourth-order valence-electron chi connectivity index (χ4n) is 1.40. The van der Waals surface area contributed by atoms with Crippen molar-refractivity contribution >= 4 is 23.5 Å². The molecule has 6 nitrogen and oxygen atoms in total. The maximum atomic E-state index is 13.2. The molecule has 2 rings (SSSR count). The second kappa shape index (κ2) is 5.70. The first-order valence-electron chi connectivity index (χ1n) is 5.44. The highest BCUT2D eigenvalue weighted by molar-refractivity contribution is 6.31. The van der Waals surface area contributed by atoms with Gasteiger partial charge in [0.05, 0.1) is 6.20 Å². The van der Waals surface area contributed by atoms with E-state index in [0.717, 1.165) is 0 Å². The summed E-state index contributed by atoms with van der Waals surface area (Å²) in [6.07, 6.45) is -0.444. The van der Waals surface area contributed by atoms with Crippen LogP contribution in [0.25, 0.3) is 0 Å². The third kappa shape index (κ3) is 2.94. The largest absolute Gasteiger partial charge is 0.444 e. The van der Waals surface area contributed by atoms with E-state index in [1.54, 1.807) is 24.3 Å². The predicted octanol–water partition coefficient (Wildman–Crippen LogP) is 1.80. The normalized spacial score (nSPS) is 10.3. The molecule has 1 aromatic carbocycles. The van der Waals surface area contributed by atoms with Crippen molar-refractivity contribution in [2.24, 2.45) is 0 Å². The van der Waals surface area contributed by atoms with Crippen LogP contribution in [0.2, 0.25) is 5.02 Å². The summed E-state index contributed by atoms with van der Waals surface area (Å²) >= 11 is 5.88. The first kappa shape index (κ1) is 14.0. The smallest absolute Gasteiger partial charge is 0.422 e. The number of rotatable bonds is 2. The Morgan fingerprint density at radius 2 is 2.15 bits per heavy atom. The zero-order valence-electron chi connectivity index (χ0n) is 10.0. The number of hydrogen-bond acceptors (Lipinski definition) is 5. The van der Waals surface area contributed by atoms with Gasteiger partial charge in [-0.1, -0.05) is 29.8 Å². The Bertz CT molecular complexity index is 717. The molecule has 0 atom stereocenters. The minimum absolute atomic E-state index is 0.156. The van der Waals surface area contributed by atoms with Gasteiger partial charge in [-0.15, -0.1) is 0 Å². The van der Waals surface area contributed by atoms with Gasteiger partial charge in [0.1, 0.15) is 6.61 Å². The van der Waals surface area contributed by atoms with Crippen LogP contribution in [0.4, 0.5) is 15.0 Å². The van der Waals surface area contributed by atoms with E-state index >= 15 is 0 Å². The Kier molecular flexibility index (Phi) is 3.99. The molecule has 0 aliphatic rings. The zero-order chi connectivity index (χ0) is 14.7. The average molecular weight is 298 g/mol. The van der Waals surface area contributed by atoms with E-state index in [4.69, 9.17) is 22.1 Å². The third-order valence-corrected chi connectivity index (χ3v) is 2.78. The molecule has 0 unspecified atom stereocenters. The molecule has 2 aromatic rings. The van der Waals surface area contributed by atoms with Gasteiger partial charge in [0.15, 0.2) is 11.6 Å². The van der Waals surface area contributed by atoms with E-state index in [-0.39, 0.29) is 6.61 Å². The molecule has 20 heavy (non-hydrogen) atoms. The summed E-state index contributed by atoms with van der Waals surface area (Å²) in [5.74, 6) is -1.57. The highest BCUT2D eigenvalue weighted by Crippen LogP contribution is 2.15. The van der Waals surface area contributed by atoms with E-state index < -0.39 is 23.4 Å². The molecule has 0 saturated heterocycles. The van der Waals surface area contributed by atoms with Gasteiger partial charge >= 0.3 is 11.8 Å². The number of halogens is 2. The molecule has 0 spiro atoms. The highest BCUT2D eigenvalue weighted by Gasteiger charge is 2.13. The van der Waals surface area contributed by atoms with Crippen LogP contribution in [0.3, 0.4) is 0 Å². The second-order valence-corrected chi connectivity index (χ2v) is 4.18. The lowest BCUT2D eigenvalue weighted by Gasteiger charge is -2.07. The van der Waals surface area contributed by atoms with Crippen LogP contribution >= 0.6 is 11.6 Å². The molecule has 1 aromatic heterocycles. The van der Waals surface area contributed by atoms with Crippen molar-refractivity contribution in [3.05, 3.63) is 57.3 Å². The van der Waals surface area contributed by atoms with Crippen LogP contribution < -0.4 is 11.4 Å². The SMILES string of the molecule is Nc1nc(=O)n(C(=O)OCc2ccccc2Cl)cc1F. The summed E-state index contributed by atoms with van der Waals surface area (Å²) < 4.78 is 18.4. The number of nitrogens with two attached hydrogens (primary N) is 1. The first-order chi connectivity index (χ1) is 9.49. The van der Waals surface area contributed by atoms with Gasteiger partial charge in [-0.3, -0.25) is 0 Å². The van der Waals surface area contributed by atoms with Gasteiger partial charge in [-0.2, -0.15) is 9.55 Å². The number of benzene rings is 1. The molecule has 8 heteroatoms. The van der Waals surface area contributed by atoms with E-state index in [9.17, 15) is 14.0 Å². The van der Waals surface area contributed by atoms with Gasteiger partial charge in [0.2, 0.25) is 0 Å². The predicted molar refractivity (Wildman–Crippen MR) is 69.9 cm³/mol. The van der Waals surface area contributed by atoms with Gasteiger partial charge in [0, 0.05) is 10.6 Å². The molecule has 0 saturated carbocycles. The van der Waals surface area contributed by atoms with E-state index in [1.165, 1.54) is 0 Å². The molecule has 0 aliphatic heterocycles. The second-order valence-electron chi connectivity index (χ2n) is 3.77. The number of aromatic nitrogens is 2. The van der Waals surface area contributed by atoms with Crippen LogP contribution in [-0.2, 0) is 11.3 Å². The van der Waals surface area contributed by atoms with Crippen molar-refractivity contribution < 1.29 is 13.9 Å². The summed E-state index contributed by atoms with van der Waals surface area (Å²) in [5.41, 5.74) is 4.64. The molecule has 0 bridgehead atoms. The molecule has 0 aliphatic carbocycles. The maximum absolute atomic E-state index is 13.2. The van der Waals surface area contributed by atoms with Crippen LogP contribution in [-0.4, -0.2) is 15.6 Å². The molecule has 0 amide bonds. The Labute approximate surface area is 117 Å². The summed E-state index contributed by atoms with van der Waals surface area (Å²) in [6, 6.07) is 6.71.